The highest BCUT2D eigenvalue weighted by Gasteiger charge is 2.44. The molecule has 7 heteroatoms. The molecule has 2 aliphatic rings. The van der Waals surface area contributed by atoms with Crippen LogP contribution in [0, 0.1) is 11.7 Å². The first-order valence-electron chi connectivity index (χ1n) is 8.27. The smallest absolute Gasteiger partial charge is 0.248 e. The molecule has 0 aliphatic carbocycles. The van der Waals surface area contributed by atoms with Crippen LogP contribution in [0.4, 0.5) is 10.3 Å². The predicted octanol–water partition coefficient (Wildman–Crippen LogP) is 2.70. The summed E-state index contributed by atoms with van der Waals surface area (Å²) in [5.41, 5.74) is 2.22. The Morgan fingerprint density at radius 2 is 1.85 bits per heavy atom. The third-order valence-electron chi connectivity index (χ3n) is 4.92. The van der Waals surface area contributed by atoms with Crippen molar-refractivity contribution in [3.8, 4) is 0 Å². The van der Waals surface area contributed by atoms with Gasteiger partial charge in [0.15, 0.2) is 0 Å². The minimum Gasteiger partial charge on any atom is -0.295 e. The molecule has 2 aliphatic heterocycles. The van der Waals surface area contributed by atoms with Gasteiger partial charge in [0.05, 0.1) is 11.0 Å². The van der Waals surface area contributed by atoms with Crippen LogP contribution in [-0.4, -0.2) is 27.2 Å². The number of aliphatic imine (C=N–C) groups is 1. The number of fused-ring (bicyclic) bond motifs is 5. The summed E-state index contributed by atoms with van der Waals surface area (Å²) in [5.74, 6) is -1.21. The Balaban J connectivity index is 1.71. The van der Waals surface area contributed by atoms with Gasteiger partial charge in [-0.1, -0.05) is 24.3 Å². The van der Waals surface area contributed by atoms with Crippen LogP contribution in [0.1, 0.15) is 17.9 Å². The number of nitrogens with zero attached hydrogens (tertiary/aromatic N) is 3. The molecule has 3 aromatic rings. The lowest BCUT2D eigenvalue weighted by Crippen LogP contribution is -2.46. The van der Waals surface area contributed by atoms with Gasteiger partial charge in [-0.25, -0.2) is 9.37 Å². The first kappa shape index (κ1) is 14.9. The first-order valence-corrected chi connectivity index (χ1v) is 8.27. The Kier molecular flexibility index (Phi) is 3.06. The molecular formula is C19H13FN4O2. The zero-order valence-corrected chi connectivity index (χ0v) is 13.5. The lowest BCUT2D eigenvalue weighted by Gasteiger charge is -2.34. The number of anilines is 1. The van der Waals surface area contributed by atoms with E-state index in [1.807, 2.05) is 24.3 Å². The normalized spacial score (nSPS) is 21.8. The molecule has 2 unspecified atom stereocenters. The number of carbonyl (C=O) groups is 2. The Morgan fingerprint density at radius 1 is 1.08 bits per heavy atom. The second-order valence-corrected chi connectivity index (χ2v) is 6.45. The van der Waals surface area contributed by atoms with Crippen LogP contribution in [0.3, 0.4) is 0 Å². The van der Waals surface area contributed by atoms with E-state index < -0.39 is 11.8 Å². The quantitative estimate of drug-likeness (QED) is 0.735. The molecule has 5 rings (SSSR count). The molecule has 0 saturated carbocycles. The molecule has 1 N–H and O–H groups in total. The fourth-order valence-electron chi connectivity index (χ4n) is 3.77. The summed E-state index contributed by atoms with van der Waals surface area (Å²) in [6, 6.07) is 13.3. The second kappa shape index (κ2) is 5.32. The number of rotatable bonds is 1. The highest BCUT2D eigenvalue weighted by Crippen LogP contribution is 2.38. The van der Waals surface area contributed by atoms with Gasteiger partial charge in [-0.05, 0) is 29.8 Å². The van der Waals surface area contributed by atoms with Crippen molar-refractivity contribution in [2.75, 3.05) is 5.32 Å². The van der Waals surface area contributed by atoms with Gasteiger partial charge in [-0.15, -0.1) is 0 Å². The van der Waals surface area contributed by atoms with E-state index in [1.54, 1.807) is 16.7 Å². The number of halogens is 1. The molecule has 2 aromatic carbocycles. The highest BCUT2D eigenvalue weighted by molar-refractivity contribution is 6.20. The molecule has 2 amide bonds. The summed E-state index contributed by atoms with van der Waals surface area (Å²) >= 11 is 0. The maximum absolute atomic E-state index is 13.3. The van der Waals surface area contributed by atoms with Crippen molar-refractivity contribution in [2.45, 2.75) is 12.3 Å². The van der Waals surface area contributed by atoms with Crippen LogP contribution in [0.2, 0.25) is 0 Å². The molecule has 6 nitrogen and oxygen atoms in total. The van der Waals surface area contributed by atoms with Gasteiger partial charge in [0.1, 0.15) is 17.6 Å². The van der Waals surface area contributed by atoms with E-state index in [0.717, 1.165) is 11.1 Å². The van der Waals surface area contributed by atoms with Crippen molar-refractivity contribution in [1.29, 1.82) is 0 Å². The average molecular weight is 348 g/mol. The summed E-state index contributed by atoms with van der Waals surface area (Å²) in [6.45, 7) is 0. The summed E-state index contributed by atoms with van der Waals surface area (Å²) in [4.78, 5) is 33.7. The molecule has 128 valence electrons. The number of aromatic nitrogens is 2. The average Bonchev–Trinajstić information content (AvgIpc) is 2.99. The summed E-state index contributed by atoms with van der Waals surface area (Å²) < 4.78 is 15.0. The minimum absolute atomic E-state index is 0.106. The lowest BCUT2D eigenvalue weighted by atomic mass is 9.79. The van der Waals surface area contributed by atoms with Crippen molar-refractivity contribution in [1.82, 2.24) is 9.55 Å². The fraction of sp³-hybridized carbons (Fsp3) is 0.158. The number of carbonyl (C=O) groups excluding carboxylic acids is 2. The Morgan fingerprint density at radius 3 is 2.65 bits per heavy atom. The van der Waals surface area contributed by atoms with E-state index in [0.29, 0.717) is 17.3 Å². The van der Waals surface area contributed by atoms with E-state index >= 15 is 0 Å². The molecule has 0 saturated heterocycles. The molecule has 2 atom stereocenters. The van der Waals surface area contributed by atoms with Crippen LogP contribution in [0.15, 0.2) is 53.5 Å². The topological polar surface area (TPSA) is 76.3 Å². The number of para-hydroxylation sites is 2. The predicted molar refractivity (Wildman–Crippen MR) is 93.5 cm³/mol. The van der Waals surface area contributed by atoms with E-state index in [1.165, 1.54) is 12.1 Å². The highest BCUT2D eigenvalue weighted by atomic mass is 19.1. The number of hydrogen-bond acceptors (Lipinski definition) is 3. The standard InChI is InChI=1S/C19H13FN4O2/c20-11-7-5-10(6-8-11)12-9-15(25)22-17-16(12)18(26)23-19-21-13-3-1-2-4-14(13)24(17)19/h1-8,12,16H,9H2,(H,21,23,26). The molecule has 0 fully saturated rings. The number of hydrogen-bond donors (Lipinski definition) is 1. The summed E-state index contributed by atoms with van der Waals surface area (Å²) in [6.07, 6.45) is 0.106. The Bertz CT molecular complexity index is 1100. The maximum atomic E-state index is 13.3. The van der Waals surface area contributed by atoms with Gasteiger partial charge in [-0.2, -0.15) is 4.99 Å². The molecule has 0 bridgehead atoms. The van der Waals surface area contributed by atoms with E-state index in [9.17, 15) is 14.0 Å². The van der Waals surface area contributed by atoms with Crippen LogP contribution >= 0.6 is 0 Å². The SMILES string of the molecule is O=C1CC(c2ccc(F)cc2)C2C(=O)Nc3nc4ccccc4n3C2=N1. The monoisotopic (exact) mass is 348 g/mol. The zero-order valence-electron chi connectivity index (χ0n) is 13.5. The Labute approximate surface area is 147 Å². The van der Waals surface area contributed by atoms with Crippen molar-refractivity contribution < 1.29 is 14.0 Å². The van der Waals surface area contributed by atoms with E-state index in [4.69, 9.17) is 0 Å². The number of nitrogens with one attached hydrogen (secondary N) is 1. The van der Waals surface area contributed by atoms with Crippen molar-refractivity contribution in [3.05, 3.63) is 59.9 Å². The number of benzene rings is 2. The van der Waals surface area contributed by atoms with Crippen LogP contribution in [-0.2, 0) is 9.59 Å². The van der Waals surface area contributed by atoms with Gasteiger partial charge in [0.25, 0.3) is 0 Å². The summed E-state index contributed by atoms with van der Waals surface area (Å²) in [5, 5.41) is 2.82. The van der Waals surface area contributed by atoms with Crippen LogP contribution < -0.4 is 5.32 Å². The third kappa shape index (κ3) is 2.10. The zero-order chi connectivity index (χ0) is 17.8. The van der Waals surface area contributed by atoms with Gasteiger partial charge >= 0.3 is 0 Å². The van der Waals surface area contributed by atoms with Gasteiger partial charge in [-0.3, -0.25) is 19.5 Å². The van der Waals surface area contributed by atoms with E-state index in [2.05, 4.69) is 15.3 Å². The molecule has 0 spiro atoms. The van der Waals surface area contributed by atoms with Gasteiger partial charge < -0.3 is 0 Å². The first-order chi connectivity index (χ1) is 12.6. The second-order valence-electron chi connectivity index (χ2n) is 6.45. The van der Waals surface area contributed by atoms with Crippen molar-refractivity contribution in [2.24, 2.45) is 10.9 Å². The van der Waals surface area contributed by atoms with Crippen LogP contribution in [0.5, 0.6) is 0 Å². The molecule has 1 aromatic heterocycles. The summed E-state index contributed by atoms with van der Waals surface area (Å²) in [7, 11) is 0. The molecule has 0 radical (unpaired) electrons. The van der Waals surface area contributed by atoms with E-state index in [-0.39, 0.29) is 24.1 Å². The lowest BCUT2D eigenvalue weighted by molar-refractivity contribution is -0.121. The largest absolute Gasteiger partial charge is 0.295 e. The third-order valence-corrected chi connectivity index (χ3v) is 4.92. The Hall–Kier alpha value is -3.35. The molecule has 26 heavy (non-hydrogen) atoms. The minimum atomic E-state index is -0.636. The van der Waals surface area contributed by atoms with Gasteiger partial charge in [0, 0.05) is 12.3 Å². The number of amides is 2. The van der Waals surface area contributed by atoms with Gasteiger partial charge in [0.2, 0.25) is 17.8 Å². The number of imidazole rings is 1. The van der Waals surface area contributed by atoms with Crippen molar-refractivity contribution >= 4 is 34.6 Å². The fourth-order valence-corrected chi connectivity index (χ4v) is 3.77. The van der Waals surface area contributed by atoms with Crippen LogP contribution in [0.25, 0.3) is 11.0 Å². The molecular weight excluding hydrogens is 335 g/mol. The molecule has 3 heterocycles. The maximum Gasteiger partial charge on any atom is 0.248 e. The van der Waals surface area contributed by atoms with Crippen molar-refractivity contribution in [3.63, 3.8) is 0 Å².